The van der Waals surface area contributed by atoms with Crippen molar-refractivity contribution < 1.29 is 19.3 Å². The van der Waals surface area contributed by atoms with Gasteiger partial charge in [0.2, 0.25) is 5.88 Å². The molecule has 0 fully saturated rings. The molecule has 2 rings (SSSR count). The van der Waals surface area contributed by atoms with E-state index in [4.69, 9.17) is 19.3 Å². The summed E-state index contributed by atoms with van der Waals surface area (Å²) in [5.41, 5.74) is 3.28. The Morgan fingerprint density at radius 3 is 2.26 bits per heavy atom. The second kappa shape index (κ2) is 9.76. The summed E-state index contributed by atoms with van der Waals surface area (Å²) in [7, 11) is 0. The van der Waals surface area contributed by atoms with Gasteiger partial charge in [0.25, 0.3) is 0 Å². The first-order valence-corrected chi connectivity index (χ1v) is 9.54. The zero-order valence-electron chi connectivity index (χ0n) is 17.2. The molecule has 0 bridgehead atoms. The van der Waals surface area contributed by atoms with Crippen molar-refractivity contribution in [3.05, 3.63) is 41.1 Å². The Morgan fingerprint density at radius 2 is 1.70 bits per heavy atom. The van der Waals surface area contributed by atoms with E-state index in [-0.39, 0.29) is 25.4 Å². The van der Waals surface area contributed by atoms with E-state index < -0.39 is 6.29 Å². The fourth-order valence-corrected chi connectivity index (χ4v) is 2.90. The van der Waals surface area contributed by atoms with Crippen molar-refractivity contribution in [2.75, 3.05) is 13.2 Å². The third-order valence-corrected chi connectivity index (χ3v) is 4.12. The third kappa shape index (κ3) is 5.97. The molecule has 6 heteroatoms. The van der Waals surface area contributed by atoms with Gasteiger partial charge in [-0.2, -0.15) is 0 Å². The topological polar surface area (TPSA) is 65.7 Å². The van der Waals surface area contributed by atoms with E-state index >= 15 is 0 Å². The van der Waals surface area contributed by atoms with E-state index in [1.54, 1.807) is 6.92 Å². The number of hydrogen-bond donors (Lipinski definition) is 1. The zero-order chi connectivity index (χ0) is 20.0. The van der Waals surface area contributed by atoms with Crippen LogP contribution in [0.2, 0.25) is 0 Å². The predicted octanol–water partition coefficient (Wildman–Crippen LogP) is 3.88. The highest BCUT2D eigenvalue weighted by Crippen LogP contribution is 2.28. The Balaban J connectivity index is 2.22. The lowest BCUT2D eigenvalue weighted by atomic mass is 10.1. The molecule has 1 unspecified atom stereocenters. The smallest absolute Gasteiger partial charge is 0.238 e. The first-order valence-electron chi connectivity index (χ1n) is 9.54. The minimum absolute atomic E-state index is 0.0369. The second-order valence-corrected chi connectivity index (χ2v) is 7.17. The number of aromatic nitrogens is 2. The van der Waals surface area contributed by atoms with E-state index in [2.05, 4.69) is 38.0 Å². The van der Waals surface area contributed by atoms with Gasteiger partial charge in [0.05, 0.1) is 19.3 Å². The molecule has 1 atom stereocenters. The molecule has 1 aromatic heterocycles. The fourth-order valence-electron chi connectivity index (χ4n) is 2.90. The molecule has 0 saturated heterocycles. The first-order chi connectivity index (χ1) is 12.8. The minimum Gasteiger partial charge on any atom is -0.491 e. The summed E-state index contributed by atoms with van der Waals surface area (Å²) in [6.07, 6.45) is 0.387. The van der Waals surface area contributed by atoms with Crippen LogP contribution in [-0.2, 0) is 11.2 Å². The van der Waals surface area contributed by atoms with Crippen molar-refractivity contribution in [1.82, 2.24) is 9.78 Å². The van der Waals surface area contributed by atoms with Gasteiger partial charge in [0.15, 0.2) is 6.29 Å². The van der Waals surface area contributed by atoms with Crippen LogP contribution in [0, 0.1) is 6.92 Å². The van der Waals surface area contributed by atoms with Gasteiger partial charge in [-0.1, -0.05) is 12.1 Å². The molecule has 2 aromatic rings. The number of hydrogen-bond acceptors (Lipinski definition) is 5. The van der Waals surface area contributed by atoms with E-state index in [1.807, 2.05) is 30.7 Å². The number of nitrogens with zero attached hydrogens (tertiary/aromatic N) is 2. The van der Waals surface area contributed by atoms with Gasteiger partial charge in [-0.3, -0.25) is 4.68 Å². The van der Waals surface area contributed by atoms with Crippen LogP contribution in [0.15, 0.2) is 24.3 Å². The molecular weight excluding hydrogens is 344 g/mol. The van der Waals surface area contributed by atoms with Gasteiger partial charge in [0, 0.05) is 23.7 Å². The Hall–Kier alpha value is -2.05. The number of benzene rings is 1. The first kappa shape index (κ1) is 21.3. The summed E-state index contributed by atoms with van der Waals surface area (Å²) in [6.45, 7) is 12.3. The predicted molar refractivity (Wildman–Crippen MR) is 105 cm³/mol. The van der Waals surface area contributed by atoms with Crippen molar-refractivity contribution in [2.45, 2.75) is 66.4 Å². The lowest BCUT2D eigenvalue weighted by Crippen LogP contribution is -2.19. The van der Waals surface area contributed by atoms with E-state index in [9.17, 15) is 0 Å². The molecule has 0 saturated carbocycles. The fraction of sp³-hybridized carbons (Fsp3) is 0.571. The standard InChI is InChI=1S/C21H32N2O4/c1-14(2)23-16(5)20(21(22-23)27-17(6)25-12-11-24)13-18-7-9-19(10-8-18)26-15(3)4/h7-10,14-15,17,24H,11-13H2,1-6H3. The minimum atomic E-state index is -0.479. The molecule has 0 aliphatic carbocycles. The highest BCUT2D eigenvalue weighted by atomic mass is 16.7. The molecule has 1 aromatic carbocycles. The average Bonchev–Trinajstić information content (AvgIpc) is 2.90. The Morgan fingerprint density at radius 1 is 1.04 bits per heavy atom. The van der Waals surface area contributed by atoms with Crippen LogP contribution in [0.5, 0.6) is 11.6 Å². The van der Waals surface area contributed by atoms with Crippen molar-refractivity contribution in [2.24, 2.45) is 0 Å². The number of aliphatic hydroxyl groups is 1. The van der Waals surface area contributed by atoms with Crippen molar-refractivity contribution in [1.29, 1.82) is 0 Å². The highest BCUT2D eigenvalue weighted by Gasteiger charge is 2.20. The van der Waals surface area contributed by atoms with Crippen LogP contribution in [0.25, 0.3) is 0 Å². The maximum Gasteiger partial charge on any atom is 0.238 e. The van der Waals surface area contributed by atoms with Gasteiger partial charge in [-0.25, -0.2) is 0 Å². The van der Waals surface area contributed by atoms with Gasteiger partial charge in [0.1, 0.15) is 5.75 Å². The van der Waals surface area contributed by atoms with Crippen LogP contribution in [0.3, 0.4) is 0 Å². The molecule has 1 N–H and O–H groups in total. The van der Waals surface area contributed by atoms with Gasteiger partial charge >= 0.3 is 0 Å². The van der Waals surface area contributed by atoms with E-state index in [0.717, 1.165) is 22.6 Å². The zero-order valence-corrected chi connectivity index (χ0v) is 17.2. The van der Waals surface area contributed by atoms with E-state index in [0.29, 0.717) is 12.3 Å². The highest BCUT2D eigenvalue weighted by molar-refractivity contribution is 5.38. The largest absolute Gasteiger partial charge is 0.491 e. The monoisotopic (exact) mass is 376 g/mol. The summed E-state index contributed by atoms with van der Waals surface area (Å²) in [5, 5.41) is 13.6. The van der Waals surface area contributed by atoms with Crippen LogP contribution >= 0.6 is 0 Å². The van der Waals surface area contributed by atoms with Crippen molar-refractivity contribution >= 4 is 0 Å². The molecule has 0 aliphatic heterocycles. The Bertz CT molecular complexity index is 708. The van der Waals surface area contributed by atoms with Crippen LogP contribution < -0.4 is 9.47 Å². The SMILES string of the molecule is Cc1c(Cc2ccc(OC(C)C)cc2)c(OC(C)OCCO)nn1C(C)C. The molecule has 0 spiro atoms. The molecule has 0 radical (unpaired) electrons. The normalized spacial score (nSPS) is 12.6. The van der Waals surface area contributed by atoms with Gasteiger partial charge < -0.3 is 19.3 Å². The number of rotatable bonds is 10. The summed E-state index contributed by atoms with van der Waals surface area (Å²) >= 11 is 0. The number of aliphatic hydroxyl groups excluding tert-OH is 1. The maximum atomic E-state index is 8.92. The lowest BCUT2D eigenvalue weighted by molar-refractivity contribution is -0.0787. The second-order valence-electron chi connectivity index (χ2n) is 7.17. The summed E-state index contributed by atoms with van der Waals surface area (Å²) < 4.78 is 19.0. The molecule has 0 amide bonds. The molecule has 1 heterocycles. The van der Waals surface area contributed by atoms with Gasteiger partial charge in [-0.05, 0) is 59.2 Å². The summed E-state index contributed by atoms with van der Waals surface area (Å²) in [5.74, 6) is 1.44. The van der Waals surface area contributed by atoms with Crippen LogP contribution in [0.1, 0.15) is 57.5 Å². The number of ether oxygens (including phenoxy) is 3. The Kier molecular flexibility index (Phi) is 7.68. The third-order valence-electron chi connectivity index (χ3n) is 4.12. The molecule has 27 heavy (non-hydrogen) atoms. The van der Waals surface area contributed by atoms with Gasteiger partial charge in [-0.15, -0.1) is 5.10 Å². The molecule has 150 valence electrons. The average molecular weight is 376 g/mol. The van der Waals surface area contributed by atoms with Crippen molar-refractivity contribution in [3.63, 3.8) is 0 Å². The molecular formula is C21H32N2O4. The van der Waals surface area contributed by atoms with Crippen LogP contribution in [-0.4, -0.2) is 40.5 Å². The molecule has 6 nitrogen and oxygen atoms in total. The van der Waals surface area contributed by atoms with E-state index in [1.165, 1.54) is 0 Å². The summed E-state index contributed by atoms with van der Waals surface area (Å²) in [4.78, 5) is 0. The molecule has 0 aliphatic rings. The summed E-state index contributed by atoms with van der Waals surface area (Å²) in [6, 6.07) is 8.35. The lowest BCUT2D eigenvalue weighted by Gasteiger charge is -2.14. The Labute approximate surface area is 162 Å². The quantitative estimate of drug-likeness (QED) is 0.638. The van der Waals surface area contributed by atoms with Crippen LogP contribution in [0.4, 0.5) is 0 Å². The maximum absolute atomic E-state index is 8.92. The van der Waals surface area contributed by atoms with Crippen molar-refractivity contribution in [3.8, 4) is 11.6 Å².